The molecule has 2 N–H and O–H groups in total. The maximum absolute atomic E-state index is 13.5. The fourth-order valence-corrected chi connectivity index (χ4v) is 5.26. The predicted octanol–water partition coefficient (Wildman–Crippen LogP) is 3.81. The minimum absolute atomic E-state index is 0.0412. The monoisotopic (exact) mass is 489 g/mol. The minimum atomic E-state index is -3.91. The van der Waals surface area contributed by atoms with Crippen molar-refractivity contribution in [3.8, 4) is 11.5 Å². The van der Waals surface area contributed by atoms with Gasteiger partial charge < -0.3 is 19.7 Å². The first-order valence-electron chi connectivity index (χ1n) is 11.7. The summed E-state index contributed by atoms with van der Waals surface area (Å²) >= 11 is 0. The van der Waals surface area contributed by atoms with Crippen LogP contribution in [0.5, 0.6) is 11.5 Å². The number of sulfonamides is 1. The highest BCUT2D eigenvalue weighted by Gasteiger charge is 2.27. The van der Waals surface area contributed by atoms with E-state index in [0.717, 1.165) is 44.3 Å². The van der Waals surface area contributed by atoms with Crippen LogP contribution in [0.15, 0.2) is 41.3 Å². The first kappa shape index (κ1) is 25.8. The molecule has 8 nitrogen and oxygen atoms in total. The first-order chi connectivity index (χ1) is 16.3. The summed E-state index contributed by atoms with van der Waals surface area (Å²) in [7, 11) is -0.969. The largest absolute Gasteiger partial charge is 0.493 e. The molecule has 1 heterocycles. The van der Waals surface area contributed by atoms with Crippen LogP contribution in [0, 0.1) is 6.92 Å². The number of rotatable bonds is 9. The molecule has 1 atom stereocenters. The van der Waals surface area contributed by atoms with E-state index in [1.165, 1.54) is 26.4 Å². The zero-order valence-corrected chi connectivity index (χ0v) is 21.2. The summed E-state index contributed by atoms with van der Waals surface area (Å²) in [4.78, 5) is 15.4. The number of benzene rings is 2. The number of unbranched alkanes of at least 4 members (excludes halogenated alkanes) is 1. The summed E-state index contributed by atoms with van der Waals surface area (Å²) in [5.41, 5.74) is 1.57. The van der Waals surface area contributed by atoms with Crippen LogP contribution in [0.3, 0.4) is 0 Å². The maximum Gasteiger partial charge on any atom is 0.262 e. The number of nitrogens with zero attached hydrogens (tertiary/aromatic N) is 1. The third kappa shape index (κ3) is 6.01. The van der Waals surface area contributed by atoms with E-state index in [9.17, 15) is 13.2 Å². The average molecular weight is 490 g/mol. The van der Waals surface area contributed by atoms with Crippen LogP contribution in [0.2, 0.25) is 0 Å². The highest BCUT2D eigenvalue weighted by atomic mass is 32.2. The van der Waals surface area contributed by atoms with Gasteiger partial charge in [-0.25, -0.2) is 8.42 Å². The van der Waals surface area contributed by atoms with Crippen molar-refractivity contribution in [3.63, 3.8) is 0 Å². The fourth-order valence-electron chi connectivity index (χ4n) is 4.12. The molecule has 3 rings (SSSR count). The van der Waals surface area contributed by atoms with Gasteiger partial charge in [-0.15, -0.1) is 0 Å². The number of carbonyl (C=O) groups excluding carboxylic acids is 1. The molecular formula is C25H35N3O5S. The highest BCUT2D eigenvalue weighted by Crippen LogP contribution is 2.31. The van der Waals surface area contributed by atoms with Crippen molar-refractivity contribution in [2.75, 3.05) is 38.6 Å². The summed E-state index contributed by atoms with van der Waals surface area (Å²) in [5.74, 6) is 0.685. The molecule has 2 aromatic carbocycles. The summed E-state index contributed by atoms with van der Waals surface area (Å²) in [6.45, 7) is 6.29. The van der Waals surface area contributed by atoms with E-state index in [4.69, 9.17) is 9.47 Å². The lowest BCUT2D eigenvalue weighted by Crippen LogP contribution is -2.43. The Kier molecular flexibility index (Phi) is 8.79. The molecule has 34 heavy (non-hydrogen) atoms. The summed E-state index contributed by atoms with van der Waals surface area (Å²) in [6.07, 6.45) is 3.96. The second kappa shape index (κ2) is 11.6. The van der Waals surface area contributed by atoms with E-state index in [2.05, 4.69) is 17.0 Å². The smallest absolute Gasteiger partial charge is 0.262 e. The van der Waals surface area contributed by atoms with E-state index in [1.807, 2.05) is 4.90 Å². The Balaban J connectivity index is 1.87. The molecule has 1 saturated heterocycles. The lowest BCUT2D eigenvalue weighted by Gasteiger charge is -2.30. The van der Waals surface area contributed by atoms with Gasteiger partial charge in [0.05, 0.1) is 24.8 Å². The summed E-state index contributed by atoms with van der Waals surface area (Å²) in [6, 6.07) is 9.71. The number of nitrogens with one attached hydrogen (secondary N) is 2. The Morgan fingerprint density at radius 2 is 1.91 bits per heavy atom. The van der Waals surface area contributed by atoms with Gasteiger partial charge in [0.25, 0.3) is 15.9 Å². The number of hydrogen-bond acceptors (Lipinski definition) is 6. The summed E-state index contributed by atoms with van der Waals surface area (Å²) < 4.78 is 39.3. The van der Waals surface area contributed by atoms with Crippen molar-refractivity contribution < 1.29 is 22.7 Å². The van der Waals surface area contributed by atoms with Gasteiger partial charge in [0.2, 0.25) is 0 Å². The number of ether oxygens (including phenoxy) is 2. The fraction of sp³-hybridized carbons (Fsp3) is 0.480. The molecule has 2 aromatic rings. The van der Waals surface area contributed by atoms with Gasteiger partial charge in [0, 0.05) is 30.8 Å². The van der Waals surface area contributed by atoms with Crippen LogP contribution in [0.25, 0.3) is 0 Å². The predicted molar refractivity (Wildman–Crippen MR) is 133 cm³/mol. The van der Waals surface area contributed by atoms with E-state index >= 15 is 0 Å². The lowest BCUT2D eigenvalue weighted by atomic mass is 10.1. The highest BCUT2D eigenvalue weighted by molar-refractivity contribution is 7.92. The topological polar surface area (TPSA) is 97.0 Å². The van der Waals surface area contributed by atoms with Gasteiger partial charge in [-0.1, -0.05) is 25.8 Å². The van der Waals surface area contributed by atoms with Crippen molar-refractivity contribution in [3.05, 3.63) is 47.5 Å². The lowest BCUT2D eigenvalue weighted by molar-refractivity contribution is 0.0682. The molecule has 9 heteroatoms. The quantitative estimate of drug-likeness (QED) is 0.556. The summed E-state index contributed by atoms with van der Waals surface area (Å²) in [5, 5.41) is 3.43. The zero-order chi connectivity index (χ0) is 24.7. The molecule has 1 unspecified atom stereocenters. The molecule has 0 spiro atoms. The molecule has 1 amide bonds. The Morgan fingerprint density at radius 3 is 2.62 bits per heavy atom. The van der Waals surface area contributed by atoms with Crippen molar-refractivity contribution >= 4 is 21.6 Å². The Labute approximate surface area is 202 Å². The maximum atomic E-state index is 13.5. The van der Waals surface area contributed by atoms with Crippen LogP contribution in [0.1, 0.15) is 48.5 Å². The van der Waals surface area contributed by atoms with Crippen molar-refractivity contribution in [2.24, 2.45) is 0 Å². The minimum Gasteiger partial charge on any atom is -0.493 e. The molecule has 0 aliphatic carbocycles. The van der Waals surface area contributed by atoms with Gasteiger partial charge >= 0.3 is 0 Å². The van der Waals surface area contributed by atoms with Crippen molar-refractivity contribution in [1.29, 1.82) is 0 Å². The number of aryl methyl sites for hydroxylation is 1. The standard InChI is InChI=1S/C25H35N3O5S/c1-5-6-8-20-17-26-13-7-14-28(20)25(29)19-10-9-18(2)22(15-19)27-34(30,31)21-11-12-23(32-3)24(16-21)33-4/h9-12,15-16,20,26-27H,5-8,13-14,17H2,1-4H3. The van der Waals surface area contributed by atoms with Crippen LogP contribution in [-0.2, 0) is 10.0 Å². The van der Waals surface area contributed by atoms with E-state index in [1.54, 1.807) is 31.2 Å². The first-order valence-corrected chi connectivity index (χ1v) is 13.2. The molecule has 186 valence electrons. The second-order valence-electron chi connectivity index (χ2n) is 8.50. The van der Waals surface area contributed by atoms with E-state index < -0.39 is 10.0 Å². The number of methoxy groups -OCH3 is 2. The molecule has 0 aromatic heterocycles. The second-order valence-corrected chi connectivity index (χ2v) is 10.2. The number of anilines is 1. The zero-order valence-electron chi connectivity index (χ0n) is 20.4. The van der Waals surface area contributed by atoms with E-state index in [-0.39, 0.29) is 16.8 Å². The van der Waals surface area contributed by atoms with Crippen molar-refractivity contribution in [2.45, 2.75) is 50.5 Å². The van der Waals surface area contributed by atoms with E-state index in [0.29, 0.717) is 29.3 Å². The number of hydrogen-bond donors (Lipinski definition) is 2. The molecule has 0 bridgehead atoms. The third-order valence-electron chi connectivity index (χ3n) is 6.12. The molecule has 0 radical (unpaired) electrons. The molecule has 0 saturated carbocycles. The van der Waals surface area contributed by atoms with Gasteiger partial charge in [-0.05, 0) is 56.1 Å². The number of carbonyl (C=O) groups is 1. The average Bonchev–Trinajstić information content (AvgIpc) is 3.08. The molecule has 1 aliphatic heterocycles. The normalized spacial score (nSPS) is 16.6. The van der Waals surface area contributed by atoms with Gasteiger partial charge in [0.1, 0.15) is 0 Å². The van der Waals surface area contributed by atoms with Crippen LogP contribution < -0.4 is 19.5 Å². The molecule has 1 fully saturated rings. The Hall–Kier alpha value is -2.78. The SMILES string of the molecule is CCCCC1CNCCCN1C(=O)c1ccc(C)c(NS(=O)(=O)c2ccc(OC)c(OC)c2)c1. The van der Waals surface area contributed by atoms with Crippen LogP contribution in [-0.4, -0.2) is 59.1 Å². The molecular weight excluding hydrogens is 454 g/mol. The van der Waals surface area contributed by atoms with Crippen molar-refractivity contribution in [1.82, 2.24) is 10.2 Å². The van der Waals surface area contributed by atoms with Crippen LogP contribution in [0.4, 0.5) is 5.69 Å². The third-order valence-corrected chi connectivity index (χ3v) is 7.48. The Morgan fingerprint density at radius 1 is 1.15 bits per heavy atom. The van der Waals surface area contributed by atoms with Gasteiger partial charge in [0.15, 0.2) is 11.5 Å². The van der Waals surface area contributed by atoms with Gasteiger partial charge in [-0.3, -0.25) is 9.52 Å². The van der Waals surface area contributed by atoms with Gasteiger partial charge in [-0.2, -0.15) is 0 Å². The number of amides is 1. The van der Waals surface area contributed by atoms with Crippen LogP contribution >= 0.6 is 0 Å². The molecule has 1 aliphatic rings. The Bertz CT molecular complexity index is 1100.